The van der Waals surface area contributed by atoms with Gasteiger partial charge in [-0.1, -0.05) is 36.4 Å². The highest BCUT2D eigenvalue weighted by molar-refractivity contribution is 7.92. The Bertz CT molecular complexity index is 1060. The highest BCUT2D eigenvalue weighted by atomic mass is 32.2. The fourth-order valence-corrected chi connectivity index (χ4v) is 4.15. The van der Waals surface area contributed by atoms with Gasteiger partial charge >= 0.3 is 0 Å². The van der Waals surface area contributed by atoms with E-state index in [0.717, 1.165) is 21.7 Å². The number of carbonyl (C=O) groups is 2. The second-order valence-corrected chi connectivity index (χ2v) is 9.32. The number of rotatable bonds is 10. The Labute approximate surface area is 190 Å². The highest BCUT2D eigenvalue weighted by Crippen LogP contribution is 2.30. The van der Waals surface area contributed by atoms with E-state index in [0.29, 0.717) is 12.4 Å². The van der Waals surface area contributed by atoms with Crippen molar-refractivity contribution in [3.63, 3.8) is 0 Å². The Morgan fingerprint density at radius 2 is 1.72 bits per heavy atom. The summed E-state index contributed by atoms with van der Waals surface area (Å²) in [5.41, 5.74) is 2.11. The maximum Gasteiger partial charge on any atom is 0.244 e. The maximum atomic E-state index is 13.4. The summed E-state index contributed by atoms with van der Waals surface area (Å²) >= 11 is 0. The van der Waals surface area contributed by atoms with Crippen LogP contribution in [0.15, 0.2) is 48.5 Å². The van der Waals surface area contributed by atoms with Crippen LogP contribution in [0.5, 0.6) is 5.75 Å². The van der Waals surface area contributed by atoms with E-state index in [1.807, 2.05) is 31.2 Å². The molecular weight excluding hydrogens is 430 g/mol. The second kappa shape index (κ2) is 11.0. The van der Waals surface area contributed by atoms with Crippen molar-refractivity contribution < 1.29 is 22.7 Å². The summed E-state index contributed by atoms with van der Waals surface area (Å²) < 4.78 is 31.9. The summed E-state index contributed by atoms with van der Waals surface area (Å²) in [6, 6.07) is 13.4. The molecule has 0 heterocycles. The summed E-state index contributed by atoms with van der Waals surface area (Å²) in [6.45, 7) is 5.38. The molecule has 0 aliphatic carbocycles. The molecule has 0 aliphatic heterocycles. The first-order chi connectivity index (χ1) is 15.1. The second-order valence-electron chi connectivity index (χ2n) is 7.41. The van der Waals surface area contributed by atoms with Gasteiger partial charge in [0, 0.05) is 13.6 Å². The van der Waals surface area contributed by atoms with Crippen molar-refractivity contribution in [2.75, 3.05) is 30.8 Å². The van der Waals surface area contributed by atoms with Gasteiger partial charge in [-0.25, -0.2) is 8.42 Å². The molecule has 2 amide bonds. The topological polar surface area (TPSA) is 96.0 Å². The molecule has 8 nitrogen and oxygen atoms in total. The van der Waals surface area contributed by atoms with Gasteiger partial charge in [-0.05, 0) is 44.0 Å². The number of anilines is 1. The van der Waals surface area contributed by atoms with Crippen LogP contribution in [0, 0.1) is 6.92 Å². The minimum atomic E-state index is -3.81. The molecule has 32 heavy (non-hydrogen) atoms. The molecule has 9 heteroatoms. The third-order valence-electron chi connectivity index (χ3n) is 5.13. The molecule has 0 bridgehead atoms. The first kappa shape index (κ1) is 25.2. The quantitative estimate of drug-likeness (QED) is 0.586. The average Bonchev–Trinajstić information content (AvgIpc) is 2.75. The van der Waals surface area contributed by atoms with Gasteiger partial charge in [0.25, 0.3) is 0 Å². The number of likely N-dealkylation sites (N-methyl/N-ethyl adjacent to an activating group) is 1. The molecule has 0 saturated heterocycles. The predicted molar refractivity (Wildman–Crippen MR) is 125 cm³/mol. The van der Waals surface area contributed by atoms with E-state index < -0.39 is 28.5 Å². The monoisotopic (exact) mass is 461 g/mol. The van der Waals surface area contributed by atoms with Gasteiger partial charge in [-0.2, -0.15) is 0 Å². The van der Waals surface area contributed by atoms with E-state index in [-0.39, 0.29) is 18.1 Å². The number of hydrogen-bond acceptors (Lipinski definition) is 5. The Morgan fingerprint density at radius 1 is 1.09 bits per heavy atom. The van der Waals surface area contributed by atoms with Crippen LogP contribution < -0.4 is 14.4 Å². The number of para-hydroxylation sites is 2. The van der Waals surface area contributed by atoms with Crippen molar-refractivity contribution in [1.29, 1.82) is 0 Å². The number of amides is 2. The summed E-state index contributed by atoms with van der Waals surface area (Å²) in [5.74, 6) is -0.480. The molecule has 0 spiro atoms. The van der Waals surface area contributed by atoms with Gasteiger partial charge in [-0.3, -0.25) is 13.9 Å². The van der Waals surface area contributed by atoms with Crippen LogP contribution in [0.4, 0.5) is 5.69 Å². The lowest BCUT2D eigenvalue weighted by Crippen LogP contribution is -2.50. The summed E-state index contributed by atoms with van der Waals surface area (Å²) in [4.78, 5) is 27.2. The van der Waals surface area contributed by atoms with Crippen LogP contribution in [-0.4, -0.2) is 57.6 Å². The Hall–Kier alpha value is -3.07. The summed E-state index contributed by atoms with van der Waals surface area (Å²) in [5, 5.41) is 2.56. The van der Waals surface area contributed by atoms with Crippen molar-refractivity contribution in [2.45, 2.75) is 33.4 Å². The van der Waals surface area contributed by atoms with Crippen LogP contribution in [0.3, 0.4) is 0 Å². The normalized spacial score (nSPS) is 12.0. The number of sulfonamides is 1. The van der Waals surface area contributed by atoms with Crippen LogP contribution in [0.25, 0.3) is 0 Å². The number of hydrogen-bond donors (Lipinski definition) is 1. The van der Waals surface area contributed by atoms with E-state index in [1.165, 1.54) is 11.9 Å². The van der Waals surface area contributed by atoms with Gasteiger partial charge in [0.05, 0.1) is 18.6 Å². The molecule has 174 valence electrons. The number of nitrogens with one attached hydrogen (secondary N) is 1. The van der Waals surface area contributed by atoms with Crippen molar-refractivity contribution in [3.8, 4) is 5.75 Å². The smallest absolute Gasteiger partial charge is 0.244 e. The minimum Gasteiger partial charge on any atom is -0.492 e. The van der Waals surface area contributed by atoms with E-state index in [4.69, 9.17) is 4.74 Å². The van der Waals surface area contributed by atoms with Crippen molar-refractivity contribution >= 4 is 27.5 Å². The Morgan fingerprint density at radius 3 is 2.31 bits per heavy atom. The third kappa shape index (κ3) is 6.23. The standard InChI is InChI=1S/C23H31N3O5S/c1-6-31-21-14-10-9-13-20(21)26(32(5,29)30)16-22(27)25(18(3)23(28)24-4)15-19-12-8-7-11-17(19)2/h7-14,18H,6,15-16H2,1-5H3,(H,24,28)/t18-/m0/s1. The van der Waals surface area contributed by atoms with E-state index >= 15 is 0 Å². The maximum absolute atomic E-state index is 13.4. The van der Waals surface area contributed by atoms with Crippen molar-refractivity contribution in [2.24, 2.45) is 0 Å². The Kier molecular flexibility index (Phi) is 8.65. The fourth-order valence-electron chi connectivity index (χ4n) is 3.30. The molecule has 1 N–H and O–H groups in total. The zero-order chi connectivity index (χ0) is 23.9. The van der Waals surface area contributed by atoms with Crippen LogP contribution in [-0.2, 0) is 26.2 Å². The van der Waals surface area contributed by atoms with Gasteiger partial charge < -0.3 is 15.0 Å². The lowest BCUT2D eigenvalue weighted by Gasteiger charge is -2.32. The Balaban J connectivity index is 2.44. The number of ether oxygens (including phenoxy) is 1. The number of benzene rings is 2. The molecule has 2 rings (SSSR count). The van der Waals surface area contributed by atoms with Gasteiger partial charge in [0.15, 0.2) is 0 Å². The lowest BCUT2D eigenvalue weighted by atomic mass is 10.1. The molecule has 2 aromatic carbocycles. The van der Waals surface area contributed by atoms with Crippen LogP contribution in [0.1, 0.15) is 25.0 Å². The largest absolute Gasteiger partial charge is 0.492 e. The number of aryl methyl sites for hydroxylation is 1. The van der Waals surface area contributed by atoms with E-state index in [1.54, 1.807) is 38.1 Å². The van der Waals surface area contributed by atoms with E-state index in [9.17, 15) is 18.0 Å². The molecule has 2 aromatic rings. The molecular formula is C23H31N3O5S. The van der Waals surface area contributed by atoms with Crippen molar-refractivity contribution in [3.05, 3.63) is 59.7 Å². The molecule has 1 atom stereocenters. The SMILES string of the molecule is CCOc1ccccc1N(CC(=O)N(Cc1ccccc1C)[C@@H](C)C(=O)NC)S(C)(=O)=O. The number of carbonyl (C=O) groups excluding carboxylic acids is 2. The number of nitrogens with zero attached hydrogens (tertiary/aromatic N) is 2. The molecule has 0 fully saturated rings. The zero-order valence-electron chi connectivity index (χ0n) is 19.2. The van der Waals surface area contributed by atoms with Gasteiger partial charge in [-0.15, -0.1) is 0 Å². The first-order valence-corrected chi connectivity index (χ1v) is 12.2. The molecule has 0 unspecified atom stereocenters. The molecule has 0 aliphatic rings. The average molecular weight is 462 g/mol. The first-order valence-electron chi connectivity index (χ1n) is 10.3. The molecule has 0 radical (unpaired) electrons. The molecule has 0 saturated carbocycles. The van der Waals surface area contributed by atoms with Gasteiger partial charge in [0.1, 0.15) is 18.3 Å². The summed E-state index contributed by atoms with van der Waals surface area (Å²) in [6.07, 6.45) is 1.04. The minimum absolute atomic E-state index is 0.171. The predicted octanol–water partition coefficient (Wildman–Crippen LogP) is 2.32. The molecule has 0 aromatic heterocycles. The highest BCUT2D eigenvalue weighted by Gasteiger charge is 2.31. The third-order valence-corrected chi connectivity index (χ3v) is 6.26. The van der Waals surface area contributed by atoms with Crippen molar-refractivity contribution in [1.82, 2.24) is 10.2 Å². The van der Waals surface area contributed by atoms with E-state index in [2.05, 4.69) is 5.32 Å². The van der Waals surface area contributed by atoms with Crippen LogP contribution >= 0.6 is 0 Å². The lowest BCUT2D eigenvalue weighted by molar-refractivity contribution is -0.139. The zero-order valence-corrected chi connectivity index (χ0v) is 20.0. The fraction of sp³-hybridized carbons (Fsp3) is 0.391. The van der Waals surface area contributed by atoms with Crippen LogP contribution in [0.2, 0.25) is 0 Å². The summed E-state index contributed by atoms with van der Waals surface area (Å²) in [7, 11) is -2.32. The van der Waals surface area contributed by atoms with Gasteiger partial charge in [0.2, 0.25) is 21.8 Å².